The van der Waals surface area contributed by atoms with Crippen molar-refractivity contribution >= 4 is 11.5 Å². The van der Waals surface area contributed by atoms with Gasteiger partial charge in [0.05, 0.1) is 18.0 Å². The summed E-state index contributed by atoms with van der Waals surface area (Å²) in [5.74, 6) is 0.563. The lowest BCUT2D eigenvalue weighted by Gasteiger charge is -2.08. The highest BCUT2D eigenvalue weighted by atomic mass is 16.5. The average molecular weight is 272 g/mol. The summed E-state index contributed by atoms with van der Waals surface area (Å²) in [5.41, 5.74) is 10.7. The lowest BCUT2D eigenvalue weighted by Crippen LogP contribution is -2.06. The number of ketones is 1. The van der Waals surface area contributed by atoms with Gasteiger partial charge in [-0.25, -0.2) is 0 Å². The third-order valence-electron chi connectivity index (χ3n) is 3.61. The van der Waals surface area contributed by atoms with Crippen molar-refractivity contribution < 1.29 is 9.53 Å². The molecule has 2 rings (SSSR count). The number of carbonyl (C=O) groups excluding carboxylic acids is 1. The number of aromatic amines is 1. The number of anilines is 1. The number of H-pyrrole nitrogens is 1. The van der Waals surface area contributed by atoms with Crippen molar-refractivity contribution in [2.75, 3.05) is 12.3 Å². The Morgan fingerprint density at radius 2 is 1.95 bits per heavy atom. The molecule has 0 bridgehead atoms. The normalized spacial score (nSPS) is 10.6. The van der Waals surface area contributed by atoms with Crippen LogP contribution in [0.1, 0.15) is 39.8 Å². The van der Waals surface area contributed by atoms with Crippen LogP contribution in [0.4, 0.5) is 5.69 Å². The first-order valence-electron chi connectivity index (χ1n) is 6.68. The van der Waals surface area contributed by atoms with Gasteiger partial charge < -0.3 is 15.5 Å². The average Bonchev–Trinajstić information content (AvgIpc) is 2.68. The van der Waals surface area contributed by atoms with Crippen molar-refractivity contribution in [1.82, 2.24) is 4.98 Å². The summed E-state index contributed by atoms with van der Waals surface area (Å²) in [6.45, 7) is 8.36. The number of benzene rings is 1. The van der Waals surface area contributed by atoms with Gasteiger partial charge in [-0.15, -0.1) is 0 Å². The summed E-state index contributed by atoms with van der Waals surface area (Å²) in [6.07, 6.45) is 0. The fraction of sp³-hybridized carbons (Fsp3) is 0.312. The fourth-order valence-electron chi connectivity index (χ4n) is 2.19. The second-order valence-corrected chi connectivity index (χ2v) is 4.89. The van der Waals surface area contributed by atoms with Crippen molar-refractivity contribution in [3.8, 4) is 5.75 Å². The molecule has 0 spiro atoms. The molecule has 0 aliphatic rings. The minimum absolute atomic E-state index is 0.0477. The van der Waals surface area contributed by atoms with Crippen molar-refractivity contribution in [3.63, 3.8) is 0 Å². The highest BCUT2D eigenvalue weighted by molar-refractivity contribution is 6.09. The zero-order valence-electron chi connectivity index (χ0n) is 12.3. The van der Waals surface area contributed by atoms with Crippen molar-refractivity contribution in [1.29, 1.82) is 0 Å². The molecule has 20 heavy (non-hydrogen) atoms. The largest absolute Gasteiger partial charge is 0.492 e. The van der Waals surface area contributed by atoms with Gasteiger partial charge in [-0.2, -0.15) is 0 Å². The van der Waals surface area contributed by atoms with Gasteiger partial charge in [0, 0.05) is 11.3 Å². The van der Waals surface area contributed by atoms with Crippen LogP contribution in [0.3, 0.4) is 0 Å². The van der Waals surface area contributed by atoms with Gasteiger partial charge >= 0.3 is 0 Å². The summed E-state index contributed by atoms with van der Waals surface area (Å²) >= 11 is 0. The number of hydrogen-bond donors (Lipinski definition) is 2. The first-order valence-corrected chi connectivity index (χ1v) is 6.68. The maximum atomic E-state index is 12.5. The van der Waals surface area contributed by atoms with Crippen LogP contribution in [0.25, 0.3) is 0 Å². The van der Waals surface area contributed by atoms with Crippen molar-refractivity contribution in [2.45, 2.75) is 27.7 Å². The third kappa shape index (κ3) is 2.41. The first-order chi connectivity index (χ1) is 9.45. The summed E-state index contributed by atoms with van der Waals surface area (Å²) in [6, 6.07) is 5.15. The Bertz CT molecular complexity index is 657. The summed E-state index contributed by atoms with van der Waals surface area (Å²) in [4.78, 5) is 15.7. The monoisotopic (exact) mass is 272 g/mol. The molecule has 1 aromatic heterocycles. The lowest BCUT2D eigenvalue weighted by molar-refractivity contribution is 0.103. The van der Waals surface area contributed by atoms with Gasteiger partial charge in [0.15, 0.2) is 0 Å². The molecule has 2 aromatic rings. The molecule has 0 fully saturated rings. The molecule has 0 radical (unpaired) electrons. The van der Waals surface area contributed by atoms with Crippen LogP contribution < -0.4 is 10.5 Å². The molecule has 0 atom stereocenters. The Balaban J connectivity index is 2.38. The molecule has 0 amide bonds. The predicted octanol–water partition coefficient (Wildman–Crippen LogP) is 3.15. The summed E-state index contributed by atoms with van der Waals surface area (Å²) in [7, 11) is 0. The molecule has 1 aromatic carbocycles. The molecular weight excluding hydrogens is 252 g/mol. The van der Waals surface area contributed by atoms with Crippen LogP contribution in [0.15, 0.2) is 18.2 Å². The zero-order valence-corrected chi connectivity index (χ0v) is 12.3. The van der Waals surface area contributed by atoms with Gasteiger partial charge in [0.1, 0.15) is 5.75 Å². The Morgan fingerprint density at radius 1 is 1.25 bits per heavy atom. The van der Waals surface area contributed by atoms with E-state index in [9.17, 15) is 4.79 Å². The van der Waals surface area contributed by atoms with Gasteiger partial charge in [0.25, 0.3) is 0 Å². The maximum absolute atomic E-state index is 12.5. The van der Waals surface area contributed by atoms with Crippen molar-refractivity contribution in [3.05, 3.63) is 46.3 Å². The number of rotatable bonds is 4. The van der Waals surface area contributed by atoms with E-state index < -0.39 is 0 Å². The summed E-state index contributed by atoms with van der Waals surface area (Å²) < 4.78 is 5.38. The number of nitrogens with two attached hydrogens (primary N) is 1. The highest BCUT2D eigenvalue weighted by Crippen LogP contribution is 2.25. The number of hydrogen-bond acceptors (Lipinski definition) is 3. The van der Waals surface area contributed by atoms with Crippen LogP contribution in [-0.4, -0.2) is 17.4 Å². The Hall–Kier alpha value is -2.23. The standard InChI is InChI=1S/C16H20N2O2/c1-5-20-14-7-6-12(8-13(14)17)16(19)15-10(3)9(2)11(4)18-15/h6-8,18H,5,17H2,1-4H3. The molecule has 0 saturated carbocycles. The maximum Gasteiger partial charge on any atom is 0.209 e. The lowest BCUT2D eigenvalue weighted by atomic mass is 10.0. The van der Waals surface area contributed by atoms with Crippen LogP contribution in [0.5, 0.6) is 5.75 Å². The molecule has 0 saturated heterocycles. The molecule has 0 aliphatic heterocycles. The Labute approximate surface area is 119 Å². The number of ether oxygens (including phenoxy) is 1. The zero-order chi connectivity index (χ0) is 14.9. The van der Waals surface area contributed by atoms with Gasteiger partial charge in [-0.1, -0.05) is 0 Å². The molecule has 106 valence electrons. The molecule has 4 nitrogen and oxygen atoms in total. The fourth-order valence-corrected chi connectivity index (χ4v) is 2.19. The van der Waals surface area contributed by atoms with E-state index in [1.54, 1.807) is 18.2 Å². The van der Waals surface area contributed by atoms with Gasteiger partial charge in [-0.05, 0) is 57.0 Å². The topological polar surface area (TPSA) is 68.1 Å². The summed E-state index contributed by atoms with van der Waals surface area (Å²) in [5, 5.41) is 0. The Morgan fingerprint density at radius 3 is 2.45 bits per heavy atom. The molecule has 4 heteroatoms. The highest BCUT2D eigenvalue weighted by Gasteiger charge is 2.17. The van der Waals surface area contributed by atoms with E-state index in [1.807, 2.05) is 27.7 Å². The van der Waals surface area contributed by atoms with Gasteiger partial charge in [0.2, 0.25) is 5.78 Å². The molecular formula is C16H20N2O2. The number of aryl methyl sites for hydroxylation is 1. The minimum atomic E-state index is -0.0477. The third-order valence-corrected chi connectivity index (χ3v) is 3.61. The molecule has 1 heterocycles. The number of nitrogens with one attached hydrogen (secondary N) is 1. The van der Waals surface area contributed by atoms with E-state index in [4.69, 9.17) is 10.5 Å². The van der Waals surface area contributed by atoms with Gasteiger partial charge in [-0.3, -0.25) is 4.79 Å². The van der Waals surface area contributed by atoms with Crippen LogP contribution >= 0.6 is 0 Å². The van der Waals surface area contributed by atoms with E-state index in [1.165, 1.54) is 0 Å². The number of aromatic nitrogens is 1. The van der Waals surface area contributed by atoms with Crippen LogP contribution in [0, 0.1) is 20.8 Å². The number of carbonyl (C=O) groups is 1. The smallest absolute Gasteiger partial charge is 0.209 e. The van der Waals surface area contributed by atoms with E-state index >= 15 is 0 Å². The molecule has 0 unspecified atom stereocenters. The van der Waals surface area contributed by atoms with E-state index in [0.29, 0.717) is 29.3 Å². The molecule has 3 N–H and O–H groups in total. The number of nitrogen functional groups attached to an aromatic ring is 1. The second kappa shape index (κ2) is 5.41. The van der Waals surface area contributed by atoms with Crippen LogP contribution in [0.2, 0.25) is 0 Å². The predicted molar refractivity (Wildman–Crippen MR) is 80.5 cm³/mol. The Kier molecular flexibility index (Phi) is 3.84. The van der Waals surface area contributed by atoms with Crippen LogP contribution in [-0.2, 0) is 0 Å². The molecule has 0 aliphatic carbocycles. The van der Waals surface area contributed by atoms with E-state index in [0.717, 1.165) is 16.8 Å². The van der Waals surface area contributed by atoms with Crippen molar-refractivity contribution in [2.24, 2.45) is 0 Å². The van der Waals surface area contributed by atoms with E-state index in [2.05, 4.69) is 4.98 Å². The first kappa shape index (κ1) is 14.2. The van der Waals surface area contributed by atoms with E-state index in [-0.39, 0.29) is 5.78 Å². The minimum Gasteiger partial charge on any atom is -0.492 e. The SMILES string of the molecule is CCOc1ccc(C(=O)c2[nH]c(C)c(C)c2C)cc1N. The second-order valence-electron chi connectivity index (χ2n) is 4.89. The quantitative estimate of drug-likeness (QED) is 0.663.